The predicted octanol–water partition coefficient (Wildman–Crippen LogP) is 3.46. The minimum absolute atomic E-state index is 0.180. The van der Waals surface area contributed by atoms with Crippen LogP contribution in [0.15, 0.2) is 48.5 Å². The number of unbranched alkanes of at least 4 members (excludes halogenated alkanes) is 2. The van der Waals surface area contributed by atoms with E-state index in [-0.39, 0.29) is 42.5 Å². The molecule has 0 aromatic heterocycles. The molecule has 4 rings (SSSR count). The SMILES string of the molecule is CCCCOC(=O)C(CCCCN1C(=O)c2ccccc2C1=O)N1C(=O)c2ccccc2C1=O. The molecular formula is C26H26N2O6. The molecule has 0 saturated heterocycles. The minimum atomic E-state index is -1.06. The molecule has 176 valence electrons. The monoisotopic (exact) mass is 462 g/mol. The van der Waals surface area contributed by atoms with Crippen LogP contribution in [0.2, 0.25) is 0 Å². The Morgan fingerprint density at radius 1 is 0.765 bits per heavy atom. The van der Waals surface area contributed by atoms with E-state index in [0.717, 1.165) is 11.3 Å². The van der Waals surface area contributed by atoms with Gasteiger partial charge in [0.1, 0.15) is 6.04 Å². The maximum atomic E-state index is 12.9. The number of carbonyl (C=O) groups is 5. The van der Waals surface area contributed by atoms with E-state index in [1.165, 1.54) is 4.90 Å². The summed E-state index contributed by atoms with van der Waals surface area (Å²) in [6.07, 6.45) is 2.53. The van der Waals surface area contributed by atoms with Crippen molar-refractivity contribution < 1.29 is 28.7 Å². The fourth-order valence-electron chi connectivity index (χ4n) is 4.31. The fraction of sp³-hybridized carbons (Fsp3) is 0.346. The van der Waals surface area contributed by atoms with Gasteiger partial charge in [-0.25, -0.2) is 4.79 Å². The molecule has 0 fully saturated rings. The second-order valence-corrected chi connectivity index (χ2v) is 8.37. The van der Waals surface area contributed by atoms with Gasteiger partial charge >= 0.3 is 5.97 Å². The average molecular weight is 463 g/mol. The number of benzene rings is 2. The van der Waals surface area contributed by atoms with Crippen LogP contribution in [0.4, 0.5) is 0 Å². The van der Waals surface area contributed by atoms with Crippen molar-refractivity contribution in [2.24, 2.45) is 0 Å². The summed E-state index contributed by atoms with van der Waals surface area (Å²) in [5.74, 6) is -2.33. The van der Waals surface area contributed by atoms with Gasteiger partial charge in [-0.1, -0.05) is 37.6 Å². The molecule has 2 aromatic rings. The number of fused-ring (bicyclic) bond motifs is 2. The van der Waals surface area contributed by atoms with E-state index in [1.54, 1.807) is 48.5 Å². The van der Waals surface area contributed by atoms with Crippen LogP contribution in [0.5, 0.6) is 0 Å². The van der Waals surface area contributed by atoms with Crippen molar-refractivity contribution in [1.29, 1.82) is 0 Å². The molecule has 2 aromatic carbocycles. The fourth-order valence-corrected chi connectivity index (χ4v) is 4.31. The van der Waals surface area contributed by atoms with Crippen molar-refractivity contribution in [2.75, 3.05) is 13.2 Å². The summed E-state index contributed by atoms with van der Waals surface area (Å²) in [5, 5.41) is 0. The van der Waals surface area contributed by atoms with Crippen molar-refractivity contribution in [3.8, 4) is 0 Å². The molecule has 2 aliphatic rings. The maximum Gasteiger partial charge on any atom is 0.329 e. The van der Waals surface area contributed by atoms with Crippen LogP contribution in [0.3, 0.4) is 0 Å². The normalized spacial score (nSPS) is 15.6. The van der Waals surface area contributed by atoms with Gasteiger partial charge in [-0.3, -0.25) is 29.0 Å². The van der Waals surface area contributed by atoms with Crippen LogP contribution in [-0.4, -0.2) is 58.6 Å². The standard InChI is InChI=1S/C26H26N2O6/c1-2-3-16-34-26(33)21(28-24(31)19-12-6-7-13-20(19)25(28)32)14-8-9-15-27-22(29)17-10-4-5-11-18(17)23(27)30/h4-7,10-13,21H,2-3,8-9,14-16H2,1H3. The molecule has 8 heteroatoms. The number of hydrogen-bond donors (Lipinski definition) is 0. The molecular weight excluding hydrogens is 436 g/mol. The average Bonchev–Trinajstić information content (AvgIpc) is 3.24. The lowest BCUT2D eigenvalue weighted by atomic mass is 10.1. The highest BCUT2D eigenvalue weighted by molar-refractivity contribution is 6.23. The lowest BCUT2D eigenvalue weighted by Gasteiger charge is -2.25. The molecule has 1 atom stereocenters. The second-order valence-electron chi connectivity index (χ2n) is 8.37. The quantitative estimate of drug-likeness (QED) is 0.305. The largest absolute Gasteiger partial charge is 0.464 e. The van der Waals surface area contributed by atoms with Gasteiger partial charge < -0.3 is 4.74 Å². The molecule has 0 bridgehead atoms. The van der Waals surface area contributed by atoms with Crippen LogP contribution in [0, 0.1) is 0 Å². The summed E-state index contributed by atoms with van der Waals surface area (Å²) < 4.78 is 5.36. The van der Waals surface area contributed by atoms with Gasteiger partial charge in [0.25, 0.3) is 23.6 Å². The summed E-state index contributed by atoms with van der Waals surface area (Å²) in [6, 6.07) is 12.1. The van der Waals surface area contributed by atoms with Crippen LogP contribution in [-0.2, 0) is 9.53 Å². The van der Waals surface area contributed by atoms with Crippen LogP contribution < -0.4 is 0 Å². The first-order chi connectivity index (χ1) is 16.5. The topological polar surface area (TPSA) is 101 Å². The molecule has 4 amide bonds. The highest BCUT2D eigenvalue weighted by Gasteiger charge is 2.43. The van der Waals surface area contributed by atoms with Gasteiger partial charge in [0, 0.05) is 6.54 Å². The zero-order valence-corrected chi connectivity index (χ0v) is 19.0. The van der Waals surface area contributed by atoms with Crippen molar-refractivity contribution >= 4 is 29.6 Å². The summed E-state index contributed by atoms with van der Waals surface area (Å²) in [4.78, 5) is 66.0. The molecule has 2 heterocycles. The Kier molecular flexibility index (Phi) is 6.86. The third-order valence-corrected chi connectivity index (χ3v) is 6.14. The predicted molar refractivity (Wildman–Crippen MR) is 122 cm³/mol. The number of esters is 1. The molecule has 1 unspecified atom stereocenters. The lowest BCUT2D eigenvalue weighted by molar-refractivity contribution is -0.148. The van der Waals surface area contributed by atoms with Gasteiger partial charge in [-0.05, 0) is 49.9 Å². The molecule has 2 aliphatic heterocycles. The molecule has 0 N–H and O–H groups in total. The first-order valence-electron chi connectivity index (χ1n) is 11.5. The molecule has 0 aliphatic carbocycles. The van der Waals surface area contributed by atoms with Crippen LogP contribution >= 0.6 is 0 Å². The second kappa shape index (κ2) is 9.99. The van der Waals surface area contributed by atoms with Gasteiger partial charge in [-0.2, -0.15) is 0 Å². The molecule has 34 heavy (non-hydrogen) atoms. The first kappa shape index (κ1) is 23.4. The van der Waals surface area contributed by atoms with Gasteiger partial charge in [0.2, 0.25) is 0 Å². The van der Waals surface area contributed by atoms with E-state index in [4.69, 9.17) is 4.74 Å². The number of imide groups is 2. The number of ether oxygens (including phenoxy) is 1. The summed E-state index contributed by atoms with van der Waals surface area (Å²) in [6.45, 7) is 2.37. The van der Waals surface area contributed by atoms with Crippen molar-refractivity contribution in [3.05, 3.63) is 70.8 Å². The Labute approximate surface area is 197 Å². The molecule has 0 saturated carbocycles. The molecule has 8 nitrogen and oxygen atoms in total. The third-order valence-electron chi connectivity index (χ3n) is 6.14. The number of rotatable bonds is 10. The van der Waals surface area contributed by atoms with E-state index < -0.39 is 23.8 Å². The van der Waals surface area contributed by atoms with Gasteiger partial charge in [-0.15, -0.1) is 0 Å². The van der Waals surface area contributed by atoms with Crippen molar-refractivity contribution in [2.45, 2.75) is 45.1 Å². The minimum Gasteiger partial charge on any atom is -0.464 e. The van der Waals surface area contributed by atoms with E-state index in [1.807, 2.05) is 6.92 Å². The molecule has 0 radical (unpaired) electrons. The Bertz CT molecular complexity index is 1090. The smallest absolute Gasteiger partial charge is 0.329 e. The highest BCUT2D eigenvalue weighted by atomic mass is 16.5. The van der Waals surface area contributed by atoms with Gasteiger partial charge in [0.15, 0.2) is 0 Å². The third kappa shape index (κ3) is 4.23. The highest BCUT2D eigenvalue weighted by Crippen LogP contribution is 2.28. The first-order valence-corrected chi connectivity index (χ1v) is 11.5. The van der Waals surface area contributed by atoms with E-state index in [9.17, 15) is 24.0 Å². The Morgan fingerprint density at radius 2 is 1.26 bits per heavy atom. The van der Waals surface area contributed by atoms with Crippen LogP contribution in [0.1, 0.15) is 80.5 Å². The zero-order chi connectivity index (χ0) is 24.2. The summed E-state index contributed by atoms with van der Waals surface area (Å²) in [5.41, 5.74) is 1.31. The Balaban J connectivity index is 1.42. The maximum absolute atomic E-state index is 12.9. The Morgan fingerprint density at radius 3 is 1.76 bits per heavy atom. The van der Waals surface area contributed by atoms with Crippen molar-refractivity contribution in [1.82, 2.24) is 9.80 Å². The van der Waals surface area contributed by atoms with E-state index in [2.05, 4.69) is 0 Å². The van der Waals surface area contributed by atoms with Crippen LogP contribution in [0.25, 0.3) is 0 Å². The van der Waals surface area contributed by atoms with Crippen molar-refractivity contribution in [3.63, 3.8) is 0 Å². The number of amides is 4. The van der Waals surface area contributed by atoms with Gasteiger partial charge in [0.05, 0.1) is 28.9 Å². The van der Waals surface area contributed by atoms with E-state index in [0.29, 0.717) is 30.4 Å². The Hall–Kier alpha value is -3.81. The number of carbonyl (C=O) groups excluding carboxylic acids is 5. The summed E-state index contributed by atoms with van der Waals surface area (Å²) >= 11 is 0. The zero-order valence-electron chi connectivity index (χ0n) is 19.0. The van der Waals surface area contributed by atoms with E-state index >= 15 is 0 Å². The number of nitrogens with zero attached hydrogens (tertiary/aromatic N) is 2. The number of hydrogen-bond acceptors (Lipinski definition) is 6. The lowest BCUT2D eigenvalue weighted by Crippen LogP contribution is -2.45. The summed E-state index contributed by atoms with van der Waals surface area (Å²) in [7, 11) is 0. The molecule has 0 spiro atoms.